The fourth-order valence-corrected chi connectivity index (χ4v) is 1.64. The van der Waals surface area contributed by atoms with E-state index in [1.807, 2.05) is 0 Å². The molecule has 0 radical (unpaired) electrons. The van der Waals surface area contributed by atoms with E-state index >= 15 is 0 Å². The number of anilines is 1. The van der Waals surface area contributed by atoms with Gasteiger partial charge in [0.1, 0.15) is 5.75 Å². The lowest BCUT2D eigenvalue weighted by Crippen LogP contribution is -1.88. The topological polar surface area (TPSA) is 74.2 Å². The van der Waals surface area contributed by atoms with Gasteiger partial charge >= 0.3 is 0 Å². The minimum absolute atomic E-state index is 0.315. The molecule has 0 unspecified atom stereocenters. The van der Waals surface area contributed by atoms with Crippen LogP contribution in [0.2, 0.25) is 5.02 Å². The van der Waals surface area contributed by atoms with E-state index in [-0.39, 0.29) is 0 Å². The molecule has 0 aliphatic heterocycles. The summed E-state index contributed by atoms with van der Waals surface area (Å²) in [6.45, 7) is 0. The van der Waals surface area contributed by atoms with Gasteiger partial charge in [0.25, 0.3) is 5.71 Å². The van der Waals surface area contributed by atoms with Crippen LogP contribution < -0.4 is 10.5 Å². The van der Waals surface area contributed by atoms with Crippen LogP contribution in [-0.2, 0) is 0 Å². The number of hydrogen-bond donors (Lipinski definition) is 1. The summed E-state index contributed by atoms with van der Waals surface area (Å²) < 4.78 is 10.5. The van der Waals surface area contributed by atoms with Crippen LogP contribution in [0.1, 0.15) is 0 Å². The highest BCUT2D eigenvalue weighted by Crippen LogP contribution is 2.25. The molecule has 0 bridgehead atoms. The summed E-state index contributed by atoms with van der Waals surface area (Å²) in [6, 6.07) is 10.4. The first-order valence-electron chi connectivity index (χ1n) is 5.18. The average Bonchev–Trinajstić information content (AvgIpc) is 2.74. The molecule has 3 aromatic rings. The molecule has 6 heteroatoms. The predicted octanol–water partition coefficient (Wildman–Crippen LogP) is 3.25. The molecule has 0 atom stereocenters. The smallest absolute Gasteiger partial charge is 0.263 e. The maximum Gasteiger partial charge on any atom is 0.263 e. The summed E-state index contributed by atoms with van der Waals surface area (Å²) in [5.41, 5.74) is 5.94. The van der Waals surface area contributed by atoms with E-state index in [2.05, 4.69) is 10.1 Å². The molecule has 1 aromatic carbocycles. The van der Waals surface area contributed by atoms with Crippen LogP contribution in [0.15, 0.2) is 40.9 Å². The van der Waals surface area contributed by atoms with E-state index in [0.29, 0.717) is 33.6 Å². The molecule has 3 rings (SSSR count). The van der Waals surface area contributed by atoms with Crippen molar-refractivity contribution in [2.24, 2.45) is 0 Å². The number of nitrogens with zero attached hydrogens (tertiary/aromatic N) is 2. The van der Waals surface area contributed by atoms with Crippen molar-refractivity contribution >= 4 is 28.5 Å². The molecule has 0 amide bonds. The normalized spacial score (nSPS) is 10.7. The fraction of sp³-hybridized carbons (Fsp3) is 0. The van der Waals surface area contributed by atoms with Crippen molar-refractivity contribution in [3.63, 3.8) is 0 Å². The Morgan fingerprint density at radius 3 is 2.67 bits per heavy atom. The Bertz CT molecular complexity index is 694. The summed E-state index contributed by atoms with van der Waals surface area (Å²) in [6.07, 6.45) is 0. The predicted molar refractivity (Wildman–Crippen MR) is 67.7 cm³/mol. The van der Waals surface area contributed by atoms with Gasteiger partial charge < -0.3 is 15.0 Å². The number of hydrogen-bond acceptors (Lipinski definition) is 5. The van der Waals surface area contributed by atoms with E-state index in [9.17, 15) is 0 Å². The van der Waals surface area contributed by atoms with Gasteiger partial charge in [0.15, 0.2) is 5.82 Å². The molecule has 0 aliphatic rings. The maximum absolute atomic E-state index is 5.79. The first-order valence-corrected chi connectivity index (χ1v) is 5.55. The Morgan fingerprint density at radius 2 is 1.89 bits per heavy atom. The number of nitrogen functional groups attached to an aromatic ring is 1. The molecule has 0 saturated carbocycles. The van der Waals surface area contributed by atoms with Crippen LogP contribution in [-0.4, -0.2) is 10.1 Å². The van der Waals surface area contributed by atoms with E-state index in [1.165, 1.54) is 0 Å². The zero-order valence-corrected chi connectivity index (χ0v) is 9.89. The van der Waals surface area contributed by atoms with Crippen LogP contribution in [0.3, 0.4) is 0 Å². The quantitative estimate of drug-likeness (QED) is 0.766. The average molecular weight is 262 g/mol. The Balaban J connectivity index is 1.92. The second-order valence-corrected chi connectivity index (χ2v) is 4.06. The first-order chi connectivity index (χ1) is 8.72. The third-order valence-electron chi connectivity index (χ3n) is 2.38. The van der Waals surface area contributed by atoms with Gasteiger partial charge in [-0.3, -0.25) is 0 Å². The molecule has 90 valence electrons. The van der Waals surface area contributed by atoms with Gasteiger partial charge in [0, 0.05) is 11.1 Å². The van der Waals surface area contributed by atoms with Crippen LogP contribution >= 0.6 is 11.6 Å². The Hall–Kier alpha value is -2.27. The van der Waals surface area contributed by atoms with Gasteiger partial charge in [0.2, 0.25) is 5.88 Å². The molecule has 2 N–H and O–H groups in total. The highest BCUT2D eigenvalue weighted by molar-refractivity contribution is 6.30. The van der Waals surface area contributed by atoms with Crippen molar-refractivity contribution < 1.29 is 9.26 Å². The number of benzene rings is 1. The molecule has 18 heavy (non-hydrogen) atoms. The van der Waals surface area contributed by atoms with Crippen LogP contribution in [0.25, 0.3) is 11.1 Å². The van der Waals surface area contributed by atoms with Gasteiger partial charge in [-0.25, -0.2) is 0 Å². The van der Waals surface area contributed by atoms with Gasteiger partial charge in [-0.1, -0.05) is 16.8 Å². The zero-order chi connectivity index (χ0) is 12.5. The van der Waals surface area contributed by atoms with Gasteiger partial charge in [0.05, 0.1) is 5.39 Å². The van der Waals surface area contributed by atoms with Crippen LogP contribution in [0.5, 0.6) is 11.6 Å². The first kappa shape index (κ1) is 10.9. The number of rotatable bonds is 2. The lowest BCUT2D eigenvalue weighted by molar-refractivity contribution is 0.434. The zero-order valence-electron chi connectivity index (χ0n) is 9.13. The summed E-state index contributed by atoms with van der Waals surface area (Å²) in [4.78, 5) is 4.15. The third-order valence-corrected chi connectivity index (χ3v) is 2.63. The van der Waals surface area contributed by atoms with Crippen LogP contribution in [0.4, 0.5) is 5.82 Å². The molecule has 2 heterocycles. The number of nitrogens with two attached hydrogens (primary N) is 1. The van der Waals surface area contributed by atoms with Gasteiger partial charge in [-0.05, 0) is 30.3 Å². The van der Waals surface area contributed by atoms with E-state index < -0.39 is 0 Å². The van der Waals surface area contributed by atoms with Gasteiger partial charge in [-0.2, -0.15) is 4.98 Å². The standard InChI is InChI=1S/C12H8ClN3O2/c13-7-1-3-8(4-2-7)17-10-6-5-9-11(14)16-18-12(9)15-10/h1-6H,(H2,14,16). The Kier molecular flexibility index (Phi) is 2.53. The monoisotopic (exact) mass is 261 g/mol. The van der Waals surface area contributed by atoms with E-state index in [0.717, 1.165) is 0 Å². The van der Waals surface area contributed by atoms with Crippen molar-refractivity contribution in [3.8, 4) is 11.6 Å². The molecule has 0 fully saturated rings. The number of ether oxygens (including phenoxy) is 1. The van der Waals surface area contributed by atoms with Crippen molar-refractivity contribution in [3.05, 3.63) is 41.4 Å². The van der Waals surface area contributed by atoms with Crippen molar-refractivity contribution in [1.29, 1.82) is 0 Å². The lowest BCUT2D eigenvalue weighted by Gasteiger charge is -2.03. The second-order valence-electron chi connectivity index (χ2n) is 3.63. The highest BCUT2D eigenvalue weighted by atomic mass is 35.5. The number of halogens is 1. The van der Waals surface area contributed by atoms with E-state index in [1.54, 1.807) is 36.4 Å². The summed E-state index contributed by atoms with van der Waals surface area (Å²) in [5.74, 6) is 1.36. The molecule has 2 aromatic heterocycles. The maximum atomic E-state index is 5.79. The molecule has 0 aliphatic carbocycles. The van der Waals surface area contributed by atoms with Crippen molar-refractivity contribution in [2.45, 2.75) is 0 Å². The third kappa shape index (κ3) is 1.96. The second kappa shape index (κ2) is 4.19. The number of aromatic nitrogens is 2. The molecule has 0 spiro atoms. The minimum atomic E-state index is 0.315. The highest BCUT2D eigenvalue weighted by Gasteiger charge is 2.08. The molecule has 5 nitrogen and oxygen atoms in total. The number of pyridine rings is 1. The number of fused-ring (bicyclic) bond motifs is 1. The largest absolute Gasteiger partial charge is 0.439 e. The van der Waals surface area contributed by atoms with Crippen molar-refractivity contribution in [2.75, 3.05) is 5.73 Å². The SMILES string of the molecule is Nc1noc2nc(Oc3ccc(Cl)cc3)ccc12. The minimum Gasteiger partial charge on any atom is -0.439 e. The summed E-state index contributed by atoms with van der Waals surface area (Å²) in [5, 5.41) is 4.94. The van der Waals surface area contributed by atoms with Crippen LogP contribution in [0, 0.1) is 0 Å². The summed E-state index contributed by atoms with van der Waals surface area (Å²) in [7, 11) is 0. The van der Waals surface area contributed by atoms with Crippen molar-refractivity contribution in [1.82, 2.24) is 10.1 Å². The molecular weight excluding hydrogens is 254 g/mol. The summed E-state index contributed by atoms with van der Waals surface area (Å²) >= 11 is 5.79. The van der Waals surface area contributed by atoms with E-state index in [4.69, 9.17) is 26.6 Å². The lowest BCUT2D eigenvalue weighted by atomic mass is 10.3. The fourth-order valence-electron chi connectivity index (χ4n) is 1.51. The molecular formula is C12H8ClN3O2. The molecule has 0 saturated heterocycles. The Labute approximate surface area is 107 Å². The Morgan fingerprint density at radius 1 is 1.11 bits per heavy atom. The van der Waals surface area contributed by atoms with Gasteiger partial charge in [-0.15, -0.1) is 0 Å².